The van der Waals surface area contributed by atoms with E-state index in [0.717, 1.165) is 24.5 Å². The third kappa shape index (κ3) is 2.23. The van der Waals surface area contributed by atoms with Crippen molar-refractivity contribution in [2.75, 3.05) is 13.1 Å². The number of halogens is 2. The fourth-order valence-corrected chi connectivity index (χ4v) is 2.54. The van der Waals surface area contributed by atoms with Crippen molar-refractivity contribution in [3.8, 4) is 0 Å². The van der Waals surface area contributed by atoms with Gasteiger partial charge in [0.25, 0.3) is 0 Å². The van der Waals surface area contributed by atoms with Crippen molar-refractivity contribution in [2.45, 2.75) is 13.3 Å². The van der Waals surface area contributed by atoms with Crippen molar-refractivity contribution in [3.63, 3.8) is 0 Å². The lowest BCUT2D eigenvalue weighted by Gasteiger charge is -2.39. The number of hydrogen-bond donors (Lipinski definition) is 1. The highest BCUT2D eigenvalue weighted by Crippen LogP contribution is 2.29. The van der Waals surface area contributed by atoms with Gasteiger partial charge in [-0.05, 0) is 58.2 Å². The summed E-state index contributed by atoms with van der Waals surface area (Å²) in [6, 6.07) is 6.13. The molecule has 1 aliphatic rings. The third-order valence-electron chi connectivity index (χ3n) is 2.73. The zero-order valence-corrected chi connectivity index (χ0v) is 11.0. The van der Waals surface area contributed by atoms with Crippen LogP contribution in [0.15, 0.2) is 18.2 Å². The molecule has 0 saturated carbocycles. The van der Waals surface area contributed by atoms with Gasteiger partial charge in [0, 0.05) is 21.7 Å². The minimum Gasteiger partial charge on any atom is -0.316 e. The predicted molar refractivity (Wildman–Crippen MR) is 68.8 cm³/mol. The lowest BCUT2D eigenvalue weighted by molar-refractivity contribution is 0.195. The van der Waals surface area contributed by atoms with Gasteiger partial charge in [0.1, 0.15) is 0 Å². The van der Waals surface area contributed by atoms with Crippen LogP contribution >= 0.6 is 34.2 Å². The molecule has 0 bridgehead atoms. The van der Waals surface area contributed by atoms with Gasteiger partial charge in [-0.25, -0.2) is 0 Å². The van der Waals surface area contributed by atoms with Crippen molar-refractivity contribution in [3.05, 3.63) is 32.4 Å². The quantitative estimate of drug-likeness (QED) is 0.826. The number of nitrogens with one attached hydrogen (secondary N) is 1. The summed E-state index contributed by atoms with van der Waals surface area (Å²) >= 11 is 8.37. The molecular weight excluding hydrogens is 308 g/mol. The molecule has 1 heterocycles. The van der Waals surface area contributed by atoms with Gasteiger partial charge in [-0.1, -0.05) is 18.5 Å². The SMILES string of the molecule is CC1(Cc2cc(Cl)ccc2I)CNC1. The van der Waals surface area contributed by atoms with Crippen molar-refractivity contribution >= 4 is 34.2 Å². The van der Waals surface area contributed by atoms with Crippen molar-refractivity contribution < 1.29 is 0 Å². The molecule has 1 fully saturated rings. The maximum atomic E-state index is 5.99. The molecule has 0 aromatic heterocycles. The molecule has 2 rings (SSSR count). The highest BCUT2D eigenvalue weighted by molar-refractivity contribution is 14.1. The molecule has 1 saturated heterocycles. The Hall–Kier alpha value is 0.200. The molecule has 0 spiro atoms. The number of benzene rings is 1. The first kappa shape index (κ1) is 10.7. The van der Waals surface area contributed by atoms with Crippen molar-refractivity contribution in [2.24, 2.45) is 5.41 Å². The molecule has 1 aromatic carbocycles. The predicted octanol–water partition coefficient (Wildman–Crippen LogP) is 3.10. The lowest BCUT2D eigenvalue weighted by Crippen LogP contribution is -2.52. The van der Waals surface area contributed by atoms with E-state index >= 15 is 0 Å². The summed E-state index contributed by atoms with van der Waals surface area (Å²) in [5.74, 6) is 0. The Morgan fingerprint density at radius 3 is 2.79 bits per heavy atom. The van der Waals surface area contributed by atoms with Gasteiger partial charge in [-0.3, -0.25) is 0 Å². The lowest BCUT2D eigenvalue weighted by atomic mass is 9.78. The van der Waals surface area contributed by atoms with Gasteiger partial charge in [-0.15, -0.1) is 0 Å². The zero-order valence-electron chi connectivity index (χ0n) is 8.11. The molecule has 14 heavy (non-hydrogen) atoms. The summed E-state index contributed by atoms with van der Waals surface area (Å²) in [6.07, 6.45) is 1.12. The smallest absolute Gasteiger partial charge is 0.0409 e. The van der Waals surface area contributed by atoms with Gasteiger partial charge in [0.05, 0.1) is 0 Å². The summed E-state index contributed by atoms with van der Waals surface area (Å²) in [7, 11) is 0. The van der Waals surface area contributed by atoms with Crippen LogP contribution in [0, 0.1) is 8.99 Å². The van der Waals surface area contributed by atoms with Gasteiger partial charge in [0.15, 0.2) is 0 Å². The van der Waals surface area contributed by atoms with Crippen LogP contribution in [-0.4, -0.2) is 13.1 Å². The molecular formula is C11H13ClIN. The van der Waals surface area contributed by atoms with Crippen LogP contribution in [0.2, 0.25) is 5.02 Å². The van der Waals surface area contributed by atoms with Crippen LogP contribution in [0.3, 0.4) is 0 Å². The van der Waals surface area contributed by atoms with E-state index < -0.39 is 0 Å². The highest BCUT2D eigenvalue weighted by atomic mass is 127. The Kier molecular flexibility index (Phi) is 3.05. The largest absolute Gasteiger partial charge is 0.316 e. The van der Waals surface area contributed by atoms with E-state index in [1.54, 1.807) is 0 Å². The Balaban J connectivity index is 2.19. The fraction of sp³-hybridized carbons (Fsp3) is 0.455. The third-order valence-corrected chi connectivity index (χ3v) is 4.02. The van der Waals surface area contributed by atoms with E-state index in [-0.39, 0.29) is 0 Å². The first-order chi connectivity index (χ1) is 6.59. The van der Waals surface area contributed by atoms with E-state index in [9.17, 15) is 0 Å². The van der Waals surface area contributed by atoms with Gasteiger partial charge in [-0.2, -0.15) is 0 Å². The Labute approximate surface area is 103 Å². The molecule has 1 aromatic rings. The van der Waals surface area contributed by atoms with E-state index in [1.807, 2.05) is 6.07 Å². The highest BCUT2D eigenvalue weighted by Gasteiger charge is 2.32. The minimum absolute atomic E-state index is 0.435. The van der Waals surface area contributed by atoms with Gasteiger partial charge >= 0.3 is 0 Å². The topological polar surface area (TPSA) is 12.0 Å². The van der Waals surface area contributed by atoms with Gasteiger partial charge in [0.2, 0.25) is 0 Å². The molecule has 0 unspecified atom stereocenters. The molecule has 1 nitrogen and oxygen atoms in total. The Bertz CT molecular complexity index is 347. The van der Waals surface area contributed by atoms with Crippen LogP contribution in [0.5, 0.6) is 0 Å². The maximum absolute atomic E-state index is 5.99. The first-order valence-corrected chi connectivity index (χ1v) is 6.19. The fourth-order valence-electron chi connectivity index (χ4n) is 1.82. The molecule has 0 amide bonds. The van der Waals surface area contributed by atoms with E-state index in [4.69, 9.17) is 11.6 Å². The normalized spacial score (nSPS) is 19.1. The Morgan fingerprint density at radius 2 is 2.21 bits per heavy atom. The Morgan fingerprint density at radius 1 is 1.50 bits per heavy atom. The van der Waals surface area contributed by atoms with Gasteiger partial charge < -0.3 is 5.32 Å². The summed E-state index contributed by atoms with van der Waals surface area (Å²) < 4.78 is 1.32. The van der Waals surface area contributed by atoms with Crippen LogP contribution in [0.25, 0.3) is 0 Å². The standard InChI is InChI=1S/C11H13ClIN/c1-11(6-14-7-11)5-8-4-9(12)2-3-10(8)13/h2-4,14H,5-7H2,1H3. The second-order valence-electron chi connectivity index (χ2n) is 4.33. The van der Waals surface area contributed by atoms with Crippen LogP contribution in [-0.2, 0) is 6.42 Å². The second kappa shape index (κ2) is 3.99. The molecule has 1 aliphatic heterocycles. The zero-order chi connectivity index (χ0) is 10.2. The summed E-state index contributed by atoms with van der Waals surface area (Å²) in [5, 5.41) is 4.16. The molecule has 0 atom stereocenters. The first-order valence-electron chi connectivity index (χ1n) is 4.74. The molecule has 76 valence electrons. The summed E-state index contributed by atoms with van der Waals surface area (Å²) in [5.41, 5.74) is 1.81. The molecule has 3 heteroatoms. The minimum atomic E-state index is 0.435. The summed E-state index contributed by atoms with van der Waals surface area (Å²) in [6.45, 7) is 4.56. The number of rotatable bonds is 2. The van der Waals surface area contributed by atoms with E-state index in [0.29, 0.717) is 5.41 Å². The van der Waals surface area contributed by atoms with Crippen molar-refractivity contribution in [1.82, 2.24) is 5.32 Å². The molecule has 1 N–H and O–H groups in total. The average Bonchev–Trinajstić information content (AvgIpc) is 2.09. The molecule has 0 aliphatic carbocycles. The second-order valence-corrected chi connectivity index (χ2v) is 5.93. The summed E-state index contributed by atoms with van der Waals surface area (Å²) in [4.78, 5) is 0. The molecule has 0 radical (unpaired) electrons. The van der Waals surface area contributed by atoms with Crippen LogP contribution in [0.1, 0.15) is 12.5 Å². The number of hydrogen-bond acceptors (Lipinski definition) is 1. The van der Waals surface area contributed by atoms with E-state index in [1.165, 1.54) is 9.13 Å². The van der Waals surface area contributed by atoms with Crippen LogP contribution < -0.4 is 5.32 Å². The monoisotopic (exact) mass is 321 g/mol. The van der Waals surface area contributed by atoms with Crippen LogP contribution in [0.4, 0.5) is 0 Å². The average molecular weight is 322 g/mol. The maximum Gasteiger partial charge on any atom is 0.0409 e. The van der Waals surface area contributed by atoms with E-state index in [2.05, 4.69) is 47.0 Å². The van der Waals surface area contributed by atoms with Crippen molar-refractivity contribution in [1.29, 1.82) is 0 Å².